The maximum atomic E-state index is 12.3. The zero-order valence-corrected chi connectivity index (χ0v) is 14.2. The zero-order chi connectivity index (χ0) is 18.4. The van der Waals surface area contributed by atoms with E-state index in [0.717, 1.165) is 11.4 Å². The number of hydrogen-bond acceptors (Lipinski definition) is 4. The summed E-state index contributed by atoms with van der Waals surface area (Å²) in [6.07, 6.45) is 1.61. The predicted molar refractivity (Wildman–Crippen MR) is 103 cm³/mol. The molecule has 0 radical (unpaired) electrons. The first-order chi connectivity index (χ1) is 12.6. The average Bonchev–Trinajstić information content (AvgIpc) is 2.64. The van der Waals surface area contributed by atoms with Crippen LogP contribution in [-0.2, 0) is 4.79 Å². The van der Waals surface area contributed by atoms with Crippen LogP contribution in [0.2, 0.25) is 0 Å². The van der Waals surface area contributed by atoms with Gasteiger partial charge in [-0.3, -0.25) is 9.59 Å². The lowest BCUT2D eigenvalue weighted by Crippen LogP contribution is -2.13. The van der Waals surface area contributed by atoms with E-state index in [2.05, 4.69) is 20.9 Å². The molecule has 3 rings (SSSR count). The van der Waals surface area contributed by atoms with Gasteiger partial charge in [0.25, 0.3) is 5.91 Å². The molecule has 3 aromatic rings. The van der Waals surface area contributed by atoms with Crippen molar-refractivity contribution in [3.8, 4) is 0 Å². The van der Waals surface area contributed by atoms with Gasteiger partial charge < -0.3 is 16.0 Å². The lowest BCUT2D eigenvalue weighted by Gasteiger charge is -2.08. The van der Waals surface area contributed by atoms with Crippen molar-refractivity contribution in [2.75, 3.05) is 16.0 Å². The van der Waals surface area contributed by atoms with Gasteiger partial charge in [0, 0.05) is 24.0 Å². The van der Waals surface area contributed by atoms with Gasteiger partial charge >= 0.3 is 0 Å². The molecule has 0 unspecified atom stereocenters. The van der Waals surface area contributed by atoms with E-state index in [1.54, 1.807) is 42.6 Å². The fraction of sp³-hybridized carbons (Fsp3) is 0.0500. The smallest absolute Gasteiger partial charge is 0.274 e. The number of nitrogens with one attached hydrogen (secondary N) is 3. The molecule has 2 amide bonds. The summed E-state index contributed by atoms with van der Waals surface area (Å²) < 4.78 is 0. The number of carbonyl (C=O) groups excluding carboxylic acids is 2. The van der Waals surface area contributed by atoms with Crippen LogP contribution >= 0.6 is 0 Å². The summed E-state index contributed by atoms with van der Waals surface area (Å²) >= 11 is 0. The second kappa shape index (κ2) is 7.94. The van der Waals surface area contributed by atoms with E-state index in [0.29, 0.717) is 17.1 Å². The second-order valence-corrected chi connectivity index (χ2v) is 5.64. The molecule has 0 saturated heterocycles. The Kier molecular flexibility index (Phi) is 5.24. The summed E-state index contributed by atoms with van der Waals surface area (Å²) in [6.45, 7) is 1.44. The van der Waals surface area contributed by atoms with Crippen LogP contribution in [0.15, 0.2) is 72.9 Å². The van der Waals surface area contributed by atoms with Crippen molar-refractivity contribution in [1.82, 2.24) is 4.98 Å². The van der Waals surface area contributed by atoms with Crippen molar-refractivity contribution in [3.63, 3.8) is 0 Å². The molecule has 0 atom stereocenters. The molecular formula is C20H18N4O2. The first-order valence-corrected chi connectivity index (χ1v) is 8.07. The van der Waals surface area contributed by atoms with E-state index in [1.165, 1.54) is 6.92 Å². The van der Waals surface area contributed by atoms with Crippen LogP contribution in [-0.4, -0.2) is 16.8 Å². The standard InChI is InChI=1S/C20H18N4O2/c1-14(25)22-16-7-9-17(10-8-16)24-20(26)19-12-11-18(13-21-19)23-15-5-3-2-4-6-15/h2-13,23H,1H3,(H,22,25)(H,24,26). The molecule has 0 bridgehead atoms. The first kappa shape index (κ1) is 17.2. The Morgan fingerprint density at radius 3 is 1.92 bits per heavy atom. The number of aromatic nitrogens is 1. The van der Waals surface area contributed by atoms with E-state index in [4.69, 9.17) is 0 Å². The van der Waals surface area contributed by atoms with Crippen LogP contribution in [0.3, 0.4) is 0 Å². The minimum Gasteiger partial charge on any atom is -0.354 e. The van der Waals surface area contributed by atoms with Crippen molar-refractivity contribution in [1.29, 1.82) is 0 Å². The highest BCUT2D eigenvalue weighted by Gasteiger charge is 2.08. The second-order valence-electron chi connectivity index (χ2n) is 5.64. The van der Waals surface area contributed by atoms with Gasteiger partial charge in [-0.1, -0.05) is 18.2 Å². The molecule has 0 saturated carbocycles. The third kappa shape index (κ3) is 4.67. The molecule has 130 valence electrons. The number of pyridine rings is 1. The Morgan fingerprint density at radius 2 is 1.35 bits per heavy atom. The predicted octanol–water partition coefficient (Wildman–Crippen LogP) is 4.04. The number of carbonyl (C=O) groups is 2. The van der Waals surface area contributed by atoms with E-state index in [-0.39, 0.29) is 11.8 Å². The Hall–Kier alpha value is -3.67. The molecule has 1 heterocycles. The molecule has 6 heteroatoms. The first-order valence-electron chi connectivity index (χ1n) is 8.07. The summed E-state index contributed by atoms with van der Waals surface area (Å²) in [5.74, 6) is -0.446. The maximum absolute atomic E-state index is 12.3. The molecule has 0 fully saturated rings. The van der Waals surface area contributed by atoms with Crippen LogP contribution in [0.5, 0.6) is 0 Å². The van der Waals surface area contributed by atoms with Crippen molar-refractivity contribution < 1.29 is 9.59 Å². The lowest BCUT2D eigenvalue weighted by molar-refractivity contribution is -0.114. The van der Waals surface area contributed by atoms with Crippen LogP contribution in [0, 0.1) is 0 Å². The number of nitrogens with zero attached hydrogens (tertiary/aromatic N) is 1. The van der Waals surface area contributed by atoms with Gasteiger partial charge in [-0.15, -0.1) is 0 Å². The Labute approximate surface area is 151 Å². The highest BCUT2D eigenvalue weighted by Crippen LogP contribution is 2.17. The molecule has 1 aromatic heterocycles. The summed E-state index contributed by atoms with van der Waals surface area (Å²) in [5, 5.41) is 8.66. The van der Waals surface area contributed by atoms with Gasteiger partial charge in [0.2, 0.25) is 5.91 Å². The monoisotopic (exact) mass is 346 g/mol. The largest absolute Gasteiger partial charge is 0.354 e. The third-order valence-corrected chi connectivity index (χ3v) is 3.52. The zero-order valence-electron chi connectivity index (χ0n) is 14.2. The van der Waals surface area contributed by atoms with Gasteiger partial charge in [-0.2, -0.15) is 0 Å². The average molecular weight is 346 g/mol. The van der Waals surface area contributed by atoms with Crippen LogP contribution in [0.4, 0.5) is 22.7 Å². The summed E-state index contributed by atoms with van der Waals surface area (Å²) in [6, 6.07) is 20.1. The van der Waals surface area contributed by atoms with Crippen LogP contribution in [0.25, 0.3) is 0 Å². The Balaban J connectivity index is 1.62. The normalized spacial score (nSPS) is 10.0. The minimum atomic E-state index is -0.302. The quantitative estimate of drug-likeness (QED) is 0.651. The third-order valence-electron chi connectivity index (χ3n) is 3.52. The van der Waals surface area contributed by atoms with Gasteiger partial charge in [0.05, 0.1) is 11.9 Å². The van der Waals surface area contributed by atoms with Gasteiger partial charge in [0.1, 0.15) is 5.69 Å². The Morgan fingerprint density at radius 1 is 0.731 bits per heavy atom. The molecule has 6 nitrogen and oxygen atoms in total. The highest BCUT2D eigenvalue weighted by molar-refractivity contribution is 6.03. The fourth-order valence-electron chi connectivity index (χ4n) is 2.33. The number of anilines is 4. The topological polar surface area (TPSA) is 83.1 Å². The van der Waals surface area contributed by atoms with Gasteiger partial charge in [-0.05, 0) is 48.5 Å². The molecule has 0 aliphatic rings. The number of rotatable bonds is 5. The van der Waals surface area contributed by atoms with E-state index in [1.807, 2.05) is 30.3 Å². The number of para-hydroxylation sites is 1. The van der Waals surface area contributed by atoms with E-state index < -0.39 is 0 Å². The summed E-state index contributed by atoms with van der Waals surface area (Å²) in [7, 11) is 0. The molecule has 26 heavy (non-hydrogen) atoms. The molecule has 0 aliphatic carbocycles. The van der Waals surface area contributed by atoms with Crippen molar-refractivity contribution >= 4 is 34.6 Å². The maximum Gasteiger partial charge on any atom is 0.274 e. The van der Waals surface area contributed by atoms with Gasteiger partial charge in [-0.25, -0.2) is 4.98 Å². The number of amides is 2. The van der Waals surface area contributed by atoms with E-state index in [9.17, 15) is 9.59 Å². The summed E-state index contributed by atoms with van der Waals surface area (Å²) in [4.78, 5) is 27.5. The lowest BCUT2D eigenvalue weighted by atomic mass is 10.2. The molecule has 0 spiro atoms. The fourth-order valence-corrected chi connectivity index (χ4v) is 2.33. The molecular weight excluding hydrogens is 328 g/mol. The highest BCUT2D eigenvalue weighted by atomic mass is 16.2. The van der Waals surface area contributed by atoms with Gasteiger partial charge in [0.15, 0.2) is 0 Å². The van der Waals surface area contributed by atoms with Crippen LogP contribution < -0.4 is 16.0 Å². The molecule has 3 N–H and O–H groups in total. The van der Waals surface area contributed by atoms with Crippen molar-refractivity contribution in [2.45, 2.75) is 6.92 Å². The molecule has 0 aliphatic heterocycles. The van der Waals surface area contributed by atoms with Crippen molar-refractivity contribution in [2.24, 2.45) is 0 Å². The van der Waals surface area contributed by atoms with E-state index >= 15 is 0 Å². The number of hydrogen-bond donors (Lipinski definition) is 3. The van der Waals surface area contributed by atoms with Crippen molar-refractivity contribution in [3.05, 3.63) is 78.6 Å². The Bertz CT molecular complexity index is 891. The van der Waals surface area contributed by atoms with Crippen LogP contribution in [0.1, 0.15) is 17.4 Å². The number of benzene rings is 2. The summed E-state index contributed by atoms with van der Waals surface area (Å²) in [5.41, 5.74) is 3.36. The SMILES string of the molecule is CC(=O)Nc1ccc(NC(=O)c2ccc(Nc3ccccc3)cn2)cc1. The molecule has 2 aromatic carbocycles. The minimum absolute atomic E-state index is 0.143.